The number of ether oxygens (including phenoxy) is 1. The van der Waals surface area contributed by atoms with E-state index in [-0.39, 0.29) is 0 Å². The minimum Gasteiger partial charge on any atom is -0.363 e. The lowest BCUT2D eigenvalue weighted by Gasteiger charge is -2.32. The van der Waals surface area contributed by atoms with E-state index in [0.29, 0.717) is 6.61 Å². The molecular weight excluding hydrogens is 322 g/mol. The number of benzene rings is 1. The van der Waals surface area contributed by atoms with Gasteiger partial charge in [0.1, 0.15) is 5.60 Å². The quantitative estimate of drug-likeness (QED) is 0.680. The van der Waals surface area contributed by atoms with Crippen LogP contribution in [0.3, 0.4) is 0 Å². The normalized spacial score (nSPS) is 14.1. The second kappa shape index (κ2) is 8.65. The monoisotopic (exact) mass is 349 g/mol. The molecule has 0 aliphatic heterocycles. The fourth-order valence-corrected chi connectivity index (χ4v) is 2.86. The lowest BCUT2D eigenvalue weighted by Crippen LogP contribution is -2.33. The third kappa shape index (κ3) is 4.59. The van der Waals surface area contributed by atoms with Gasteiger partial charge in [-0.2, -0.15) is 5.10 Å². The van der Waals surface area contributed by atoms with Gasteiger partial charge in [-0.25, -0.2) is 0 Å². The molecule has 0 saturated heterocycles. The maximum atomic E-state index is 6.39. The fraction of sp³-hybridized carbons (Fsp3) is 0.526. The first-order valence-electron chi connectivity index (χ1n) is 8.54. The summed E-state index contributed by atoms with van der Waals surface area (Å²) in [6, 6.07) is 9.96. The van der Waals surface area contributed by atoms with Crippen LogP contribution in [0.2, 0.25) is 5.02 Å². The summed E-state index contributed by atoms with van der Waals surface area (Å²) in [7, 11) is 4.10. The van der Waals surface area contributed by atoms with Crippen molar-refractivity contribution in [1.82, 2.24) is 14.7 Å². The van der Waals surface area contributed by atoms with Crippen LogP contribution in [-0.2, 0) is 16.9 Å². The lowest BCUT2D eigenvalue weighted by molar-refractivity contribution is -0.0162. The largest absolute Gasteiger partial charge is 0.363 e. The van der Waals surface area contributed by atoms with Crippen LogP contribution in [-0.4, -0.2) is 41.9 Å². The molecule has 0 radical (unpaired) electrons. The second-order valence-corrected chi connectivity index (χ2v) is 6.92. The number of nitrogens with zero attached hydrogens (tertiary/aromatic N) is 3. The molecule has 1 aromatic carbocycles. The highest BCUT2D eigenvalue weighted by atomic mass is 35.5. The molecule has 0 aliphatic rings. The van der Waals surface area contributed by atoms with Crippen molar-refractivity contribution >= 4 is 11.6 Å². The number of halogens is 1. The van der Waals surface area contributed by atoms with Crippen LogP contribution in [0.15, 0.2) is 36.5 Å². The Kier molecular flexibility index (Phi) is 6.84. The van der Waals surface area contributed by atoms with Gasteiger partial charge < -0.3 is 9.64 Å². The zero-order valence-electron chi connectivity index (χ0n) is 15.1. The summed E-state index contributed by atoms with van der Waals surface area (Å²) >= 11 is 6.07. The summed E-state index contributed by atoms with van der Waals surface area (Å²) in [6.45, 7) is 6.72. The van der Waals surface area contributed by atoms with Gasteiger partial charge in [-0.05, 0) is 51.2 Å². The van der Waals surface area contributed by atoms with Crippen molar-refractivity contribution in [3.05, 3.63) is 52.8 Å². The Bertz CT molecular complexity index is 624. The molecule has 0 fully saturated rings. The smallest absolute Gasteiger partial charge is 0.132 e. The van der Waals surface area contributed by atoms with Crippen LogP contribution >= 0.6 is 11.6 Å². The van der Waals surface area contributed by atoms with E-state index in [1.807, 2.05) is 30.5 Å². The molecule has 1 atom stereocenters. The van der Waals surface area contributed by atoms with Gasteiger partial charge in [0, 0.05) is 24.3 Å². The van der Waals surface area contributed by atoms with E-state index in [9.17, 15) is 0 Å². The molecule has 0 N–H and O–H groups in total. The molecule has 0 saturated carbocycles. The van der Waals surface area contributed by atoms with E-state index in [1.54, 1.807) is 0 Å². The second-order valence-electron chi connectivity index (χ2n) is 6.49. The minimum absolute atomic E-state index is 0.551. The lowest BCUT2D eigenvalue weighted by atomic mass is 9.92. The summed E-state index contributed by atoms with van der Waals surface area (Å²) in [5, 5.41) is 5.24. The third-order valence-electron chi connectivity index (χ3n) is 4.25. The molecule has 5 heteroatoms. The number of unbranched alkanes of at least 4 members (excludes halogenated alkanes) is 1. The number of aromatic nitrogens is 2. The molecule has 1 unspecified atom stereocenters. The predicted octanol–water partition coefficient (Wildman–Crippen LogP) is 4.18. The Morgan fingerprint density at radius 2 is 1.92 bits per heavy atom. The van der Waals surface area contributed by atoms with E-state index in [1.165, 1.54) is 0 Å². The zero-order chi connectivity index (χ0) is 17.6. The van der Waals surface area contributed by atoms with Crippen LogP contribution in [0.1, 0.15) is 37.9 Å². The molecule has 0 bridgehead atoms. The average molecular weight is 350 g/mol. The number of rotatable bonds is 9. The van der Waals surface area contributed by atoms with Crippen LogP contribution in [0.25, 0.3) is 0 Å². The van der Waals surface area contributed by atoms with Crippen molar-refractivity contribution in [3.63, 3.8) is 0 Å². The Hall–Kier alpha value is -1.36. The zero-order valence-corrected chi connectivity index (χ0v) is 15.9. The van der Waals surface area contributed by atoms with Crippen LogP contribution in [0, 0.1) is 0 Å². The summed E-state index contributed by atoms with van der Waals surface area (Å²) in [5.41, 5.74) is 1.62. The molecule has 24 heavy (non-hydrogen) atoms. The first kappa shape index (κ1) is 19.0. The molecular formula is C19H28ClN3O. The van der Waals surface area contributed by atoms with Crippen molar-refractivity contribution in [2.24, 2.45) is 0 Å². The van der Waals surface area contributed by atoms with E-state index < -0.39 is 5.60 Å². The fourth-order valence-electron chi connectivity index (χ4n) is 2.73. The van der Waals surface area contributed by atoms with Gasteiger partial charge >= 0.3 is 0 Å². The van der Waals surface area contributed by atoms with Gasteiger partial charge in [-0.15, -0.1) is 0 Å². The van der Waals surface area contributed by atoms with Gasteiger partial charge in [0.05, 0.1) is 12.3 Å². The number of hydrogen-bond acceptors (Lipinski definition) is 3. The molecule has 2 aromatic rings. The van der Waals surface area contributed by atoms with E-state index in [0.717, 1.165) is 42.2 Å². The summed E-state index contributed by atoms with van der Waals surface area (Å²) in [4.78, 5) is 2.12. The first-order valence-corrected chi connectivity index (χ1v) is 8.92. The van der Waals surface area contributed by atoms with Crippen LogP contribution < -0.4 is 0 Å². The van der Waals surface area contributed by atoms with Crippen molar-refractivity contribution in [1.29, 1.82) is 0 Å². The van der Waals surface area contributed by atoms with E-state index in [2.05, 4.69) is 48.7 Å². The molecule has 0 spiro atoms. The SMILES string of the molecule is CCCCn1nccc1C(C)(OCCN(C)C)c1ccc(Cl)cc1. The summed E-state index contributed by atoms with van der Waals surface area (Å²) in [6.07, 6.45) is 4.09. The topological polar surface area (TPSA) is 30.3 Å². The molecule has 0 amide bonds. The highest BCUT2D eigenvalue weighted by Gasteiger charge is 2.33. The third-order valence-corrected chi connectivity index (χ3v) is 4.51. The molecule has 132 valence electrons. The van der Waals surface area contributed by atoms with Crippen molar-refractivity contribution in [2.45, 2.75) is 38.8 Å². The molecule has 4 nitrogen and oxygen atoms in total. The van der Waals surface area contributed by atoms with Crippen molar-refractivity contribution in [2.75, 3.05) is 27.2 Å². The van der Waals surface area contributed by atoms with Crippen LogP contribution in [0.5, 0.6) is 0 Å². The number of hydrogen-bond donors (Lipinski definition) is 0. The molecule has 2 rings (SSSR count). The maximum Gasteiger partial charge on any atom is 0.132 e. The maximum absolute atomic E-state index is 6.39. The standard InChI is InChI=1S/C19H28ClN3O/c1-5-6-13-23-18(11-12-21-23)19(2,24-15-14-22(3)4)16-7-9-17(20)10-8-16/h7-12H,5-6,13-15H2,1-4H3. The number of likely N-dealkylation sites (N-methyl/N-ethyl adjacent to an activating group) is 1. The van der Waals surface area contributed by atoms with E-state index in [4.69, 9.17) is 16.3 Å². The Balaban J connectivity index is 2.35. The Labute approximate surface area is 150 Å². The Morgan fingerprint density at radius 3 is 2.54 bits per heavy atom. The summed E-state index contributed by atoms with van der Waals surface area (Å²) < 4.78 is 8.45. The van der Waals surface area contributed by atoms with Crippen molar-refractivity contribution < 1.29 is 4.74 Å². The van der Waals surface area contributed by atoms with Crippen LogP contribution in [0.4, 0.5) is 0 Å². The van der Waals surface area contributed by atoms with Gasteiger partial charge in [0.15, 0.2) is 0 Å². The van der Waals surface area contributed by atoms with Gasteiger partial charge in [0.2, 0.25) is 0 Å². The minimum atomic E-state index is -0.551. The Morgan fingerprint density at radius 1 is 1.21 bits per heavy atom. The highest BCUT2D eigenvalue weighted by molar-refractivity contribution is 6.30. The molecule has 0 aliphatic carbocycles. The molecule has 1 heterocycles. The first-order chi connectivity index (χ1) is 11.5. The van der Waals surface area contributed by atoms with Gasteiger partial charge in [-0.1, -0.05) is 37.1 Å². The van der Waals surface area contributed by atoms with Gasteiger partial charge in [-0.3, -0.25) is 4.68 Å². The number of aryl methyl sites for hydroxylation is 1. The predicted molar refractivity (Wildman–Crippen MR) is 99.5 cm³/mol. The van der Waals surface area contributed by atoms with Crippen molar-refractivity contribution in [3.8, 4) is 0 Å². The average Bonchev–Trinajstić information content (AvgIpc) is 3.02. The molecule has 1 aromatic heterocycles. The summed E-state index contributed by atoms with van der Waals surface area (Å²) in [5.74, 6) is 0. The van der Waals surface area contributed by atoms with E-state index >= 15 is 0 Å². The van der Waals surface area contributed by atoms with Gasteiger partial charge in [0.25, 0.3) is 0 Å². The highest BCUT2D eigenvalue weighted by Crippen LogP contribution is 2.34.